The molecule has 0 aliphatic carbocycles. The number of ether oxygens (including phenoxy) is 2. The van der Waals surface area contributed by atoms with Gasteiger partial charge in [-0.25, -0.2) is 0 Å². The van der Waals surface area contributed by atoms with Gasteiger partial charge in [-0.1, -0.05) is 24.3 Å². The smallest absolute Gasteiger partial charge is 0.389 e. The Morgan fingerprint density at radius 1 is 1.03 bits per heavy atom. The number of fused-ring (bicyclic) bond motifs is 1. The summed E-state index contributed by atoms with van der Waals surface area (Å²) in [5.74, 6) is 1.26. The van der Waals surface area contributed by atoms with Crippen molar-refractivity contribution in [3.8, 4) is 23.0 Å². The quantitative estimate of drug-likeness (QED) is 0.332. The Morgan fingerprint density at radius 3 is 2.49 bits per heavy atom. The molecule has 2 aliphatic heterocycles. The number of halogens is 3. The Kier molecular flexibility index (Phi) is 7.49. The second-order valence-corrected chi connectivity index (χ2v) is 10.5. The lowest BCUT2D eigenvalue weighted by Gasteiger charge is -2.31. The Bertz CT molecular complexity index is 1350. The van der Waals surface area contributed by atoms with Crippen molar-refractivity contribution in [1.29, 1.82) is 0 Å². The maximum absolute atomic E-state index is 12.7. The summed E-state index contributed by atoms with van der Waals surface area (Å²) in [5.41, 5.74) is 4.31. The van der Waals surface area contributed by atoms with Crippen LogP contribution in [0.1, 0.15) is 49.5 Å². The normalized spacial score (nSPS) is 20.4. The van der Waals surface area contributed by atoms with Crippen LogP contribution in [0.2, 0.25) is 0 Å². The van der Waals surface area contributed by atoms with E-state index in [9.17, 15) is 23.4 Å². The molecule has 0 bridgehead atoms. The van der Waals surface area contributed by atoms with Gasteiger partial charge in [-0.3, -0.25) is 4.90 Å². The van der Waals surface area contributed by atoms with Crippen molar-refractivity contribution in [1.82, 2.24) is 4.90 Å². The fourth-order valence-electron chi connectivity index (χ4n) is 5.54. The predicted octanol–water partition coefficient (Wildman–Crippen LogP) is 7.20. The van der Waals surface area contributed by atoms with Crippen LogP contribution < -0.4 is 9.47 Å². The lowest BCUT2D eigenvalue weighted by atomic mass is 9.86. The number of phenols is 2. The first-order valence-corrected chi connectivity index (χ1v) is 13.1. The van der Waals surface area contributed by atoms with E-state index < -0.39 is 18.7 Å². The van der Waals surface area contributed by atoms with Gasteiger partial charge in [0, 0.05) is 30.1 Å². The highest BCUT2D eigenvalue weighted by Crippen LogP contribution is 2.47. The van der Waals surface area contributed by atoms with Gasteiger partial charge in [-0.2, -0.15) is 13.2 Å². The highest BCUT2D eigenvalue weighted by molar-refractivity contribution is 5.95. The molecule has 3 aromatic carbocycles. The number of aromatic hydroxyl groups is 2. The maximum Gasteiger partial charge on any atom is 0.389 e. The molecule has 5 nitrogen and oxygen atoms in total. The fourth-order valence-corrected chi connectivity index (χ4v) is 5.54. The van der Waals surface area contributed by atoms with Crippen LogP contribution >= 0.6 is 0 Å². The lowest BCUT2D eigenvalue weighted by Crippen LogP contribution is -2.35. The van der Waals surface area contributed by atoms with E-state index in [0.717, 1.165) is 27.8 Å². The van der Waals surface area contributed by atoms with Gasteiger partial charge < -0.3 is 19.7 Å². The van der Waals surface area contributed by atoms with Crippen molar-refractivity contribution in [2.45, 2.75) is 45.0 Å². The number of phenolic OH excluding ortho intramolecular Hbond substituents is 2. The lowest BCUT2D eigenvalue weighted by molar-refractivity contribution is -0.143. The van der Waals surface area contributed by atoms with E-state index in [-0.39, 0.29) is 23.5 Å². The third-order valence-corrected chi connectivity index (χ3v) is 7.57. The van der Waals surface area contributed by atoms with Crippen LogP contribution in [0.3, 0.4) is 0 Å². The number of nitrogens with zero attached hydrogens (tertiary/aromatic N) is 1. The van der Waals surface area contributed by atoms with E-state index in [0.29, 0.717) is 37.6 Å². The van der Waals surface area contributed by atoms with Crippen LogP contribution in [-0.4, -0.2) is 47.0 Å². The van der Waals surface area contributed by atoms with Crippen molar-refractivity contribution in [2.75, 3.05) is 19.7 Å². The van der Waals surface area contributed by atoms with E-state index >= 15 is 0 Å². The Balaban J connectivity index is 1.31. The average molecular weight is 540 g/mol. The molecule has 3 atom stereocenters. The number of benzene rings is 3. The van der Waals surface area contributed by atoms with Crippen molar-refractivity contribution in [3.63, 3.8) is 0 Å². The van der Waals surface area contributed by atoms with Crippen LogP contribution in [0.4, 0.5) is 13.2 Å². The van der Waals surface area contributed by atoms with Crippen LogP contribution in [0.5, 0.6) is 23.0 Å². The predicted molar refractivity (Wildman–Crippen MR) is 144 cm³/mol. The van der Waals surface area contributed by atoms with E-state index in [1.54, 1.807) is 36.4 Å². The molecule has 2 aliphatic rings. The van der Waals surface area contributed by atoms with Gasteiger partial charge in [-0.05, 0) is 91.9 Å². The molecular weight excluding hydrogens is 507 g/mol. The molecule has 206 valence electrons. The molecule has 5 rings (SSSR count). The molecule has 3 aromatic rings. The summed E-state index contributed by atoms with van der Waals surface area (Å²) in [6.07, 6.45) is -4.75. The first-order valence-electron chi connectivity index (χ1n) is 13.1. The molecule has 2 heterocycles. The van der Waals surface area contributed by atoms with E-state index in [1.807, 2.05) is 44.2 Å². The molecule has 0 saturated carbocycles. The van der Waals surface area contributed by atoms with Crippen LogP contribution in [0.15, 0.2) is 66.7 Å². The minimum absolute atomic E-state index is 0.000416. The Labute approximate surface area is 226 Å². The molecule has 1 unspecified atom stereocenters. The van der Waals surface area contributed by atoms with Crippen LogP contribution in [-0.2, 0) is 0 Å². The molecular formula is C31H32F3NO4. The third kappa shape index (κ3) is 6.17. The Hall–Kier alpha value is -3.65. The Morgan fingerprint density at radius 2 is 1.77 bits per heavy atom. The molecule has 0 spiro atoms. The second-order valence-electron chi connectivity index (χ2n) is 10.5. The molecule has 1 fully saturated rings. The molecule has 1 saturated heterocycles. The van der Waals surface area contributed by atoms with Gasteiger partial charge in [0.2, 0.25) is 0 Å². The second kappa shape index (κ2) is 10.8. The minimum atomic E-state index is -4.12. The fraction of sp³-hybridized carbons (Fsp3) is 0.355. The first-order chi connectivity index (χ1) is 18.6. The zero-order valence-corrected chi connectivity index (χ0v) is 21.9. The van der Waals surface area contributed by atoms with Crippen molar-refractivity contribution >= 4 is 11.1 Å². The van der Waals surface area contributed by atoms with E-state index in [4.69, 9.17) is 9.47 Å². The number of likely N-dealkylation sites (tertiary alicyclic amines) is 1. The van der Waals surface area contributed by atoms with Crippen LogP contribution in [0, 0.1) is 5.92 Å². The summed E-state index contributed by atoms with van der Waals surface area (Å²) < 4.78 is 50.7. The first kappa shape index (κ1) is 26.9. The summed E-state index contributed by atoms with van der Waals surface area (Å²) in [7, 11) is 0. The molecule has 0 amide bonds. The van der Waals surface area contributed by atoms with Gasteiger partial charge in [0.15, 0.2) is 0 Å². The SMILES string of the molecule is CC1=C(c2cccc(O)c2)C(c2ccc(OC[C@H](C)N3CC[C@@H](CC(F)(F)F)C3)cc2)Oc2ccc(O)cc21. The largest absolute Gasteiger partial charge is 0.508 e. The average Bonchev–Trinajstić information content (AvgIpc) is 3.35. The van der Waals surface area contributed by atoms with Crippen molar-refractivity contribution in [3.05, 3.63) is 83.4 Å². The molecule has 0 aromatic heterocycles. The van der Waals surface area contributed by atoms with Crippen LogP contribution in [0.25, 0.3) is 11.1 Å². The third-order valence-electron chi connectivity index (χ3n) is 7.57. The minimum Gasteiger partial charge on any atom is -0.508 e. The summed E-state index contributed by atoms with van der Waals surface area (Å²) in [4.78, 5) is 2.06. The topological polar surface area (TPSA) is 62.2 Å². The maximum atomic E-state index is 12.7. The van der Waals surface area contributed by atoms with Gasteiger partial charge in [-0.15, -0.1) is 0 Å². The van der Waals surface area contributed by atoms with Crippen molar-refractivity contribution < 1.29 is 32.9 Å². The highest BCUT2D eigenvalue weighted by Gasteiger charge is 2.36. The standard InChI is InChI=1S/C31H32F3NO4/c1-19(35-13-12-21(17-35)16-31(32,33)34)18-38-26-9-6-22(7-10-26)30-29(23-4-3-5-24(36)14-23)20(2)27-15-25(37)8-11-28(27)39-30/h3-11,14-15,19,21,30,36-37H,12-13,16-18H2,1-2H3/t19-,21-,30?/m0/s1. The summed E-state index contributed by atoms with van der Waals surface area (Å²) >= 11 is 0. The number of allylic oxidation sites excluding steroid dienone is 1. The zero-order valence-electron chi connectivity index (χ0n) is 21.9. The zero-order chi connectivity index (χ0) is 27.7. The summed E-state index contributed by atoms with van der Waals surface area (Å²) in [6, 6.07) is 19.6. The summed E-state index contributed by atoms with van der Waals surface area (Å²) in [6.45, 7) is 5.41. The summed E-state index contributed by atoms with van der Waals surface area (Å²) in [5, 5.41) is 20.2. The van der Waals surface area contributed by atoms with Crippen molar-refractivity contribution in [2.24, 2.45) is 5.92 Å². The molecule has 0 radical (unpaired) electrons. The van der Waals surface area contributed by atoms with Gasteiger partial charge in [0.05, 0.1) is 0 Å². The molecule has 8 heteroatoms. The monoisotopic (exact) mass is 539 g/mol. The van der Waals surface area contributed by atoms with E-state index in [1.165, 1.54) is 0 Å². The molecule has 2 N–H and O–H groups in total. The molecule has 39 heavy (non-hydrogen) atoms. The van der Waals surface area contributed by atoms with Gasteiger partial charge >= 0.3 is 6.18 Å². The highest BCUT2D eigenvalue weighted by atomic mass is 19.4. The van der Waals surface area contributed by atoms with Gasteiger partial charge in [0.25, 0.3) is 0 Å². The number of hydrogen-bond donors (Lipinski definition) is 2. The van der Waals surface area contributed by atoms with E-state index in [2.05, 4.69) is 4.90 Å². The number of hydrogen-bond acceptors (Lipinski definition) is 5. The van der Waals surface area contributed by atoms with Gasteiger partial charge in [0.1, 0.15) is 35.7 Å². The number of rotatable bonds is 7. The number of alkyl halides is 3.